The lowest BCUT2D eigenvalue weighted by atomic mass is 9.70. The number of aliphatic hydroxyl groups is 1. The number of halogens is 3. The maximum absolute atomic E-state index is 12.6. The lowest BCUT2D eigenvalue weighted by Crippen LogP contribution is -2.29. The Morgan fingerprint density at radius 3 is 2.38 bits per heavy atom. The summed E-state index contributed by atoms with van der Waals surface area (Å²) in [7, 11) is 1.62. The molecule has 0 amide bonds. The molecule has 1 aliphatic carbocycles. The molecule has 2 atom stereocenters. The Morgan fingerprint density at radius 2 is 1.81 bits per heavy atom. The first-order chi connectivity index (χ1) is 17.1. The number of nitrogens with zero attached hydrogens (tertiary/aromatic N) is 2. The van der Waals surface area contributed by atoms with Gasteiger partial charge < -0.3 is 24.5 Å². The standard InChI is InChI=1S/C28H36F3N3O3/c1-17-11-20(16-26(2,3)14-17)34-23-13-24(36-6)18(15-27(4,5)35)12-22(23)33-25(34)32-19-7-9-21(10-8-19)37-28(29,30)31/h7-10,12-13,17,20,35H,11,14-16H2,1-6H3,(H,32,33)/t17-,20+/m1/s1. The minimum absolute atomic E-state index is 0.151. The number of aromatic nitrogens is 2. The highest BCUT2D eigenvalue weighted by atomic mass is 19.4. The van der Waals surface area contributed by atoms with E-state index < -0.39 is 12.0 Å². The second-order valence-corrected chi connectivity index (χ2v) is 11.7. The second-order valence-electron chi connectivity index (χ2n) is 11.7. The molecule has 1 aliphatic rings. The highest BCUT2D eigenvalue weighted by molar-refractivity contribution is 5.83. The minimum Gasteiger partial charge on any atom is -0.496 e. The van der Waals surface area contributed by atoms with Crippen LogP contribution in [0.1, 0.15) is 65.5 Å². The van der Waals surface area contributed by atoms with Crippen LogP contribution in [0.15, 0.2) is 36.4 Å². The van der Waals surface area contributed by atoms with Crippen molar-refractivity contribution in [1.82, 2.24) is 9.55 Å². The van der Waals surface area contributed by atoms with Crippen molar-refractivity contribution in [3.05, 3.63) is 42.0 Å². The van der Waals surface area contributed by atoms with Crippen LogP contribution in [0.2, 0.25) is 0 Å². The van der Waals surface area contributed by atoms with E-state index in [9.17, 15) is 18.3 Å². The molecule has 0 aliphatic heterocycles. The van der Waals surface area contributed by atoms with Crippen molar-refractivity contribution in [3.63, 3.8) is 0 Å². The Balaban J connectivity index is 1.79. The summed E-state index contributed by atoms with van der Waals surface area (Å²) in [4.78, 5) is 4.91. The van der Waals surface area contributed by atoms with Crippen molar-refractivity contribution in [3.8, 4) is 11.5 Å². The Kier molecular flexibility index (Phi) is 7.14. The van der Waals surface area contributed by atoms with Crippen LogP contribution in [0, 0.1) is 11.3 Å². The number of alkyl halides is 3. The molecule has 1 heterocycles. The summed E-state index contributed by atoms with van der Waals surface area (Å²) >= 11 is 0. The number of hydrogen-bond donors (Lipinski definition) is 2. The number of methoxy groups -OCH3 is 1. The van der Waals surface area contributed by atoms with Crippen LogP contribution in [-0.4, -0.2) is 33.7 Å². The van der Waals surface area contributed by atoms with Gasteiger partial charge in [-0.3, -0.25) is 0 Å². The van der Waals surface area contributed by atoms with Crippen molar-refractivity contribution in [1.29, 1.82) is 0 Å². The van der Waals surface area contributed by atoms with Crippen molar-refractivity contribution < 1.29 is 27.8 Å². The van der Waals surface area contributed by atoms with Crippen LogP contribution >= 0.6 is 0 Å². The Morgan fingerprint density at radius 1 is 1.14 bits per heavy atom. The molecule has 0 unspecified atom stereocenters. The molecule has 2 N–H and O–H groups in total. The van der Waals surface area contributed by atoms with Gasteiger partial charge in [-0.2, -0.15) is 0 Å². The number of fused-ring (bicyclic) bond motifs is 1. The van der Waals surface area contributed by atoms with Gasteiger partial charge in [0.05, 0.1) is 23.7 Å². The fourth-order valence-corrected chi connectivity index (χ4v) is 5.78. The SMILES string of the molecule is COc1cc2c(cc1CC(C)(C)O)nc(Nc1ccc(OC(F)(F)F)cc1)n2[C@H]1C[C@@H](C)CC(C)(C)C1. The minimum atomic E-state index is -4.74. The summed E-state index contributed by atoms with van der Waals surface area (Å²) < 4.78 is 49.6. The van der Waals surface area contributed by atoms with Crippen LogP contribution in [0.4, 0.5) is 24.8 Å². The topological polar surface area (TPSA) is 68.5 Å². The fraction of sp³-hybridized carbons (Fsp3) is 0.536. The highest BCUT2D eigenvalue weighted by Crippen LogP contribution is 2.46. The van der Waals surface area contributed by atoms with E-state index in [0.29, 0.717) is 29.7 Å². The van der Waals surface area contributed by atoms with Crippen LogP contribution in [-0.2, 0) is 6.42 Å². The molecule has 0 saturated heterocycles. The number of imidazole rings is 1. The van der Waals surface area contributed by atoms with Crippen LogP contribution in [0.3, 0.4) is 0 Å². The van der Waals surface area contributed by atoms with Gasteiger partial charge >= 0.3 is 6.36 Å². The summed E-state index contributed by atoms with van der Waals surface area (Å²) in [6.07, 6.45) is -1.26. The van der Waals surface area contributed by atoms with Crippen LogP contribution in [0.25, 0.3) is 11.0 Å². The second kappa shape index (κ2) is 9.74. The first-order valence-electron chi connectivity index (χ1n) is 12.6. The molecule has 1 fully saturated rings. The van der Waals surface area contributed by atoms with Gasteiger partial charge in [-0.05, 0) is 80.3 Å². The van der Waals surface area contributed by atoms with Gasteiger partial charge in [0, 0.05) is 24.2 Å². The lowest BCUT2D eigenvalue weighted by Gasteiger charge is -2.40. The average molecular weight is 520 g/mol. The molecule has 4 rings (SSSR count). The van der Waals surface area contributed by atoms with E-state index in [1.165, 1.54) is 12.1 Å². The third kappa shape index (κ3) is 6.69. The molecule has 6 nitrogen and oxygen atoms in total. The van der Waals surface area contributed by atoms with E-state index in [2.05, 4.69) is 35.4 Å². The quantitative estimate of drug-likeness (QED) is 0.341. The Labute approximate surface area is 215 Å². The molecule has 3 aromatic rings. The fourth-order valence-electron chi connectivity index (χ4n) is 5.78. The summed E-state index contributed by atoms with van der Waals surface area (Å²) in [6.45, 7) is 10.3. The molecule has 1 aromatic heterocycles. The molecular weight excluding hydrogens is 483 g/mol. The van der Waals surface area contributed by atoms with E-state index in [-0.39, 0.29) is 17.2 Å². The van der Waals surface area contributed by atoms with Gasteiger partial charge in [0.25, 0.3) is 0 Å². The monoisotopic (exact) mass is 519 g/mol. The van der Waals surface area contributed by atoms with E-state index >= 15 is 0 Å². The normalized spacial score (nSPS) is 20.2. The van der Waals surface area contributed by atoms with Crippen LogP contribution in [0.5, 0.6) is 11.5 Å². The average Bonchev–Trinajstić information content (AvgIpc) is 3.07. The number of nitrogens with one attached hydrogen (secondary N) is 1. The first-order valence-corrected chi connectivity index (χ1v) is 12.6. The molecule has 0 spiro atoms. The summed E-state index contributed by atoms with van der Waals surface area (Å²) in [5.74, 6) is 1.53. The van der Waals surface area contributed by atoms with Gasteiger partial charge in [0.15, 0.2) is 0 Å². The Bertz CT molecular complexity index is 1240. The van der Waals surface area contributed by atoms with Gasteiger partial charge in [0.1, 0.15) is 11.5 Å². The maximum atomic E-state index is 12.6. The highest BCUT2D eigenvalue weighted by Gasteiger charge is 2.35. The predicted octanol–water partition coefficient (Wildman–Crippen LogP) is 7.39. The third-order valence-corrected chi connectivity index (χ3v) is 6.79. The van der Waals surface area contributed by atoms with Crippen molar-refractivity contribution >= 4 is 22.7 Å². The Hall–Kier alpha value is -2.94. The molecule has 2 aromatic carbocycles. The number of anilines is 2. The largest absolute Gasteiger partial charge is 0.573 e. The van der Waals surface area contributed by atoms with E-state index in [4.69, 9.17) is 9.72 Å². The van der Waals surface area contributed by atoms with Gasteiger partial charge in [-0.1, -0.05) is 20.8 Å². The molecular formula is C28H36F3N3O3. The lowest BCUT2D eigenvalue weighted by molar-refractivity contribution is -0.274. The van der Waals surface area contributed by atoms with Crippen molar-refractivity contribution in [2.24, 2.45) is 11.3 Å². The summed E-state index contributed by atoms with van der Waals surface area (Å²) in [5, 5.41) is 13.7. The maximum Gasteiger partial charge on any atom is 0.573 e. The van der Waals surface area contributed by atoms with Crippen molar-refractivity contribution in [2.75, 3.05) is 12.4 Å². The summed E-state index contributed by atoms with van der Waals surface area (Å²) in [5.41, 5.74) is 2.34. The van der Waals surface area contributed by atoms with E-state index in [1.54, 1.807) is 33.1 Å². The smallest absolute Gasteiger partial charge is 0.496 e. The van der Waals surface area contributed by atoms with Crippen LogP contribution < -0.4 is 14.8 Å². The van der Waals surface area contributed by atoms with Gasteiger partial charge in [-0.25, -0.2) is 4.98 Å². The van der Waals surface area contributed by atoms with Crippen molar-refractivity contribution in [2.45, 2.75) is 78.3 Å². The first kappa shape index (κ1) is 27.1. The molecule has 1 saturated carbocycles. The number of rotatable bonds is 7. The zero-order valence-corrected chi connectivity index (χ0v) is 22.2. The molecule has 37 heavy (non-hydrogen) atoms. The third-order valence-electron chi connectivity index (χ3n) is 6.79. The molecule has 202 valence electrons. The molecule has 0 radical (unpaired) electrons. The van der Waals surface area contributed by atoms with E-state index in [0.717, 1.165) is 35.9 Å². The zero-order chi connectivity index (χ0) is 27.2. The zero-order valence-electron chi connectivity index (χ0n) is 22.2. The van der Waals surface area contributed by atoms with Gasteiger partial charge in [0.2, 0.25) is 5.95 Å². The molecule has 0 bridgehead atoms. The predicted molar refractivity (Wildman–Crippen MR) is 139 cm³/mol. The summed E-state index contributed by atoms with van der Waals surface area (Å²) in [6, 6.07) is 9.73. The van der Waals surface area contributed by atoms with E-state index in [1.807, 2.05) is 12.1 Å². The number of benzene rings is 2. The van der Waals surface area contributed by atoms with Gasteiger partial charge in [-0.15, -0.1) is 13.2 Å². The molecule has 9 heteroatoms. The number of ether oxygens (including phenoxy) is 2. The number of hydrogen-bond acceptors (Lipinski definition) is 5.